The number of benzene rings is 3. The molecule has 9 heteroatoms. The molecular weight excluding hydrogens is 459 g/mol. The largest absolute Gasteiger partial charge is 0.482 e. The molecule has 0 aliphatic carbocycles. The molecule has 3 aromatic rings. The Kier molecular flexibility index (Phi) is 7.56. The van der Waals surface area contributed by atoms with Gasteiger partial charge in [-0.25, -0.2) is 13.1 Å². The fourth-order valence-corrected chi connectivity index (χ4v) is 4.43. The zero-order valence-corrected chi connectivity index (χ0v) is 18.8. The molecule has 0 aromatic heterocycles. The Morgan fingerprint density at radius 1 is 1.00 bits per heavy atom. The smallest absolute Gasteiger partial charge is 0.262 e. The van der Waals surface area contributed by atoms with Crippen LogP contribution in [0.4, 0.5) is 5.69 Å². The lowest BCUT2D eigenvalue weighted by atomic mass is 10.1. The van der Waals surface area contributed by atoms with Gasteiger partial charge in [0, 0.05) is 16.8 Å². The molecule has 0 bridgehead atoms. The van der Waals surface area contributed by atoms with Crippen LogP contribution in [0.25, 0.3) is 0 Å². The Balaban J connectivity index is 1.62. The van der Waals surface area contributed by atoms with Gasteiger partial charge in [0.1, 0.15) is 5.75 Å². The Morgan fingerprint density at radius 3 is 2.32 bits per heavy atom. The van der Waals surface area contributed by atoms with Crippen LogP contribution >= 0.6 is 23.2 Å². The molecule has 0 unspecified atom stereocenters. The second kappa shape index (κ2) is 10.2. The Labute approximate surface area is 191 Å². The number of amides is 1. The van der Waals surface area contributed by atoms with Crippen molar-refractivity contribution in [2.24, 2.45) is 0 Å². The molecule has 162 valence electrons. The molecule has 0 spiro atoms. The fourth-order valence-electron chi connectivity index (χ4n) is 2.75. The maximum atomic E-state index is 12.7. The number of rotatable bonds is 8. The molecule has 31 heavy (non-hydrogen) atoms. The van der Waals surface area contributed by atoms with Crippen LogP contribution in [-0.2, 0) is 14.8 Å². The van der Waals surface area contributed by atoms with E-state index in [1.165, 1.54) is 18.2 Å². The number of anilines is 1. The maximum absolute atomic E-state index is 12.7. The van der Waals surface area contributed by atoms with E-state index in [-0.39, 0.29) is 22.3 Å². The third kappa shape index (κ3) is 6.45. The molecule has 1 atom stereocenters. The predicted octanol–water partition coefficient (Wildman–Crippen LogP) is 5.05. The number of hydrogen-bond donors (Lipinski definition) is 2. The van der Waals surface area contributed by atoms with Gasteiger partial charge in [0.2, 0.25) is 10.0 Å². The van der Waals surface area contributed by atoms with E-state index in [9.17, 15) is 13.2 Å². The van der Waals surface area contributed by atoms with Gasteiger partial charge in [-0.05, 0) is 55.0 Å². The molecule has 0 fully saturated rings. The van der Waals surface area contributed by atoms with E-state index in [2.05, 4.69) is 10.0 Å². The van der Waals surface area contributed by atoms with Crippen LogP contribution in [-0.4, -0.2) is 20.9 Å². The number of halogens is 2. The van der Waals surface area contributed by atoms with Crippen LogP contribution in [0.1, 0.15) is 18.5 Å². The first kappa shape index (κ1) is 23.1. The van der Waals surface area contributed by atoms with Gasteiger partial charge in [-0.1, -0.05) is 53.5 Å². The Hall–Kier alpha value is -2.58. The van der Waals surface area contributed by atoms with E-state index in [0.717, 1.165) is 5.56 Å². The van der Waals surface area contributed by atoms with E-state index in [0.29, 0.717) is 10.7 Å². The molecule has 0 radical (unpaired) electrons. The van der Waals surface area contributed by atoms with Crippen molar-refractivity contribution in [3.05, 3.63) is 88.4 Å². The maximum Gasteiger partial charge on any atom is 0.262 e. The third-order valence-electron chi connectivity index (χ3n) is 4.33. The van der Waals surface area contributed by atoms with Crippen molar-refractivity contribution in [1.29, 1.82) is 0 Å². The average molecular weight is 479 g/mol. The molecule has 0 saturated heterocycles. The van der Waals surface area contributed by atoms with Crippen molar-refractivity contribution in [1.82, 2.24) is 4.72 Å². The highest BCUT2D eigenvalue weighted by atomic mass is 35.5. The topological polar surface area (TPSA) is 84.5 Å². The van der Waals surface area contributed by atoms with E-state index in [1.807, 2.05) is 30.3 Å². The molecule has 3 rings (SSSR count). The van der Waals surface area contributed by atoms with Gasteiger partial charge in [-0.3, -0.25) is 4.79 Å². The zero-order valence-electron chi connectivity index (χ0n) is 16.5. The van der Waals surface area contributed by atoms with Crippen LogP contribution < -0.4 is 14.8 Å². The average Bonchev–Trinajstić information content (AvgIpc) is 2.75. The lowest BCUT2D eigenvalue weighted by Gasteiger charge is -2.15. The van der Waals surface area contributed by atoms with Crippen LogP contribution in [0, 0.1) is 0 Å². The van der Waals surface area contributed by atoms with Crippen molar-refractivity contribution in [2.45, 2.75) is 17.9 Å². The molecule has 0 aliphatic rings. The summed E-state index contributed by atoms with van der Waals surface area (Å²) in [5.41, 5.74) is 1.41. The molecule has 0 saturated carbocycles. The summed E-state index contributed by atoms with van der Waals surface area (Å²) in [5.74, 6) is -0.198. The minimum Gasteiger partial charge on any atom is -0.482 e. The highest BCUT2D eigenvalue weighted by Gasteiger charge is 2.20. The number of carbonyl (C=O) groups excluding carboxylic acids is 1. The molecule has 0 heterocycles. The van der Waals surface area contributed by atoms with Gasteiger partial charge in [-0.15, -0.1) is 0 Å². The molecular formula is C22H20Cl2N2O4S. The van der Waals surface area contributed by atoms with Gasteiger partial charge in [0.05, 0.1) is 9.92 Å². The standard InChI is InChI=1S/C22H20Cl2N2O4S/c1-15(16-5-3-2-4-6-16)26-31(28,29)19-11-12-21(20(24)13-19)30-14-22(27)25-18-9-7-17(23)8-10-18/h2-13,15,26H,14H2,1H3,(H,25,27)/t15-/m1/s1. The summed E-state index contributed by atoms with van der Waals surface area (Å²) in [6.07, 6.45) is 0. The summed E-state index contributed by atoms with van der Waals surface area (Å²) in [6.45, 7) is 1.46. The SMILES string of the molecule is C[C@@H](NS(=O)(=O)c1ccc(OCC(=O)Nc2ccc(Cl)cc2)c(Cl)c1)c1ccccc1. The summed E-state index contributed by atoms with van der Waals surface area (Å²) in [5, 5.41) is 3.30. The van der Waals surface area contributed by atoms with Gasteiger partial charge < -0.3 is 10.1 Å². The van der Waals surface area contributed by atoms with Crippen LogP contribution in [0.2, 0.25) is 10.0 Å². The highest BCUT2D eigenvalue weighted by molar-refractivity contribution is 7.89. The van der Waals surface area contributed by atoms with Gasteiger partial charge in [0.15, 0.2) is 6.61 Å². The molecule has 3 aromatic carbocycles. The summed E-state index contributed by atoms with van der Waals surface area (Å²) in [7, 11) is -3.80. The molecule has 0 aliphatic heterocycles. The van der Waals surface area contributed by atoms with E-state index in [4.69, 9.17) is 27.9 Å². The second-order valence-corrected chi connectivity index (χ2v) is 9.25. The van der Waals surface area contributed by atoms with E-state index in [1.54, 1.807) is 31.2 Å². The number of carbonyl (C=O) groups is 1. The summed E-state index contributed by atoms with van der Waals surface area (Å²) >= 11 is 12.0. The minimum absolute atomic E-state index is 0.00162. The van der Waals surface area contributed by atoms with Crippen LogP contribution in [0.3, 0.4) is 0 Å². The summed E-state index contributed by atoms with van der Waals surface area (Å²) < 4.78 is 33.4. The number of nitrogens with one attached hydrogen (secondary N) is 2. The van der Waals surface area contributed by atoms with Crippen molar-refractivity contribution in [3.63, 3.8) is 0 Å². The number of sulfonamides is 1. The Bertz CT molecular complexity index is 1150. The zero-order chi connectivity index (χ0) is 22.4. The van der Waals surface area contributed by atoms with E-state index >= 15 is 0 Å². The van der Waals surface area contributed by atoms with E-state index < -0.39 is 22.0 Å². The van der Waals surface area contributed by atoms with Crippen molar-refractivity contribution in [2.75, 3.05) is 11.9 Å². The minimum atomic E-state index is -3.80. The monoisotopic (exact) mass is 478 g/mol. The van der Waals surface area contributed by atoms with Gasteiger partial charge in [0.25, 0.3) is 5.91 Å². The van der Waals surface area contributed by atoms with Crippen molar-refractivity contribution in [3.8, 4) is 5.75 Å². The fraction of sp³-hybridized carbons (Fsp3) is 0.136. The lowest BCUT2D eigenvalue weighted by molar-refractivity contribution is -0.118. The molecule has 2 N–H and O–H groups in total. The highest BCUT2D eigenvalue weighted by Crippen LogP contribution is 2.28. The van der Waals surface area contributed by atoms with Crippen molar-refractivity contribution < 1.29 is 17.9 Å². The quantitative estimate of drug-likeness (QED) is 0.474. The van der Waals surface area contributed by atoms with Crippen LogP contribution in [0.15, 0.2) is 77.7 Å². The first-order valence-corrected chi connectivity index (χ1v) is 11.5. The number of ether oxygens (including phenoxy) is 1. The normalized spacial score (nSPS) is 12.2. The summed E-state index contributed by atoms with van der Waals surface area (Å²) in [6, 6.07) is 19.5. The lowest BCUT2D eigenvalue weighted by Crippen LogP contribution is -2.27. The second-order valence-electron chi connectivity index (χ2n) is 6.69. The predicted molar refractivity (Wildman–Crippen MR) is 122 cm³/mol. The number of hydrogen-bond acceptors (Lipinski definition) is 4. The van der Waals surface area contributed by atoms with Crippen LogP contribution in [0.5, 0.6) is 5.75 Å². The van der Waals surface area contributed by atoms with Crippen molar-refractivity contribution >= 4 is 44.8 Å². The molecule has 1 amide bonds. The molecule has 6 nitrogen and oxygen atoms in total. The van der Waals surface area contributed by atoms with Gasteiger partial charge >= 0.3 is 0 Å². The first-order valence-electron chi connectivity index (χ1n) is 9.29. The Morgan fingerprint density at radius 2 is 1.68 bits per heavy atom. The summed E-state index contributed by atoms with van der Waals surface area (Å²) in [4.78, 5) is 12.0. The van der Waals surface area contributed by atoms with Gasteiger partial charge in [-0.2, -0.15) is 0 Å². The first-order chi connectivity index (χ1) is 14.7. The third-order valence-corrected chi connectivity index (χ3v) is 6.42.